The minimum atomic E-state index is 0.174. The molecule has 2 fully saturated rings. The molecule has 2 saturated carbocycles. The van der Waals surface area contributed by atoms with E-state index in [1.54, 1.807) is 0 Å². The first-order valence-corrected chi connectivity index (χ1v) is 5.06. The Hall–Kier alpha value is -0.860. The molecule has 0 aromatic carbocycles. The lowest BCUT2D eigenvalue weighted by atomic mass is 9.69. The average molecular weight is 181 g/mol. The molecule has 2 atom stereocenters. The number of nitrogens with zero attached hydrogens (tertiary/aromatic N) is 1. The maximum absolute atomic E-state index is 11.6. The summed E-state index contributed by atoms with van der Waals surface area (Å²) in [5, 5.41) is 12.1. The molecule has 13 heavy (non-hydrogen) atoms. The van der Waals surface area contributed by atoms with E-state index in [2.05, 4.69) is 5.16 Å². The van der Waals surface area contributed by atoms with Crippen molar-refractivity contribution >= 4 is 11.5 Å². The van der Waals surface area contributed by atoms with Gasteiger partial charge in [0.1, 0.15) is 5.78 Å². The molecule has 0 aromatic rings. The van der Waals surface area contributed by atoms with Crippen LogP contribution in [0.4, 0.5) is 0 Å². The molecule has 2 rings (SSSR count). The van der Waals surface area contributed by atoms with E-state index < -0.39 is 0 Å². The fourth-order valence-electron chi connectivity index (χ4n) is 2.68. The van der Waals surface area contributed by atoms with Crippen LogP contribution in [0.3, 0.4) is 0 Å². The first kappa shape index (κ1) is 8.73. The molecule has 0 heterocycles. The predicted molar refractivity (Wildman–Crippen MR) is 48.9 cm³/mol. The van der Waals surface area contributed by atoms with Crippen molar-refractivity contribution in [3.63, 3.8) is 0 Å². The Labute approximate surface area is 77.8 Å². The number of hydrogen-bond donors (Lipinski definition) is 1. The molecule has 0 amide bonds. The van der Waals surface area contributed by atoms with E-state index in [0.29, 0.717) is 5.78 Å². The quantitative estimate of drug-likeness (QED) is 0.459. The molecule has 0 radical (unpaired) electrons. The summed E-state index contributed by atoms with van der Waals surface area (Å²) in [5.41, 5.74) is 0.865. The van der Waals surface area contributed by atoms with E-state index in [-0.39, 0.29) is 11.8 Å². The smallest absolute Gasteiger partial charge is 0.136 e. The highest BCUT2D eigenvalue weighted by Crippen LogP contribution is 2.36. The van der Waals surface area contributed by atoms with Gasteiger partial charge in [0.25, 0.3) is 0 Å². The van der Waals surface area contributed by atoms with Gasteiger partial charge >= 0.3 is 0 Å². The molecule has 1 N–H and O–H groups in total. The maximum atomic E-state index is 11.6. The van der Waals surface area contributed by atoms with Gasteiger partial charge in [-0.25, -0.2) is 0 Å². The lowest BCUT2D eigenvalue weighted by Crippen LogP contribution is -2.37. The summed E-state index contributed by atoms with van der Waals surface area (Å²) in [7, 11) is 0. The molecule has 72 valence electrons. The standard InChI is InChI=1S/C10H15NO2/c12-10-6-2-3-7-8(10)4-1-5-9(7)11-13/h7-8,13H,1-6H2/b11-9-. The number of ketones is 1. The Kier molecular flexibility index (Phi) is 2.34. The van der Waals surface area contributed by atoms with Crippen LogP contribution in [0, 0.1) is 11.8 Å². The zero-order valence-electron chi connectivity index (χ0n) is 7.70. The van der Waals surface area contributed by atoms with E-state index in [9.17, 15) is 4.79 Å². The molecule has 2 aliphatic carbocycles. The van der Waals surface area contributed by atoms with Crippen LogP contribution in [0.25, 0.3) is 0 Å². The second-order valence-electron chi connectivity index (χ2n) is 4.06. The molecule has 0 saturated heterocycles. The van der Waals surface area contributed by atoms with E-state index in [1.807, 2.05) is 0 Å². The molecule has 2 aliphatic rings. The van der Waals surface area contributed by atoms with Gasteiger partial charge in [0.2, 0.25) is 0 Å². The van der Waals surface area contributed by atoms with Crippen LogP contribution < -0.4 is 0 Å². The molecular weight excluding hydrogens is 166 g/mol. The fourth-order valence-corrected chi connectivity index (χ4v) is 2.68. The van der Waals surface area contributed by atoms with Gasteiger partial charge in [-0.2, -0.15) is 0 Å². The van der Waals surface area contributed by atoms with Gasteiger partial charge in [-0.05, 0) is 32.1 Å². The van der Waals surface area contributed by atoms with Gasteiger partial charge in [-0.1, -0.05) is 5.16 Å². The van der Waals surface area contributed by atoms with Crippen molar-refractivity contribution < 1.29 is 10.0 Å². The molecule has 0 aliphatic heterocycles. The summed E-state index contributed by atoms with van der Waals surface area (Å²) in [6.45, 7) is 0. The average Bonchev–Trinajstić information content (AvgIpc) is 2.18. The van der Waals surface area contributed by atoms with Crippen molar-refractivity contribution in [3.8, 4) is 0 Å². The molecule has 0 bridgehead atoms. The van der Waals surface area contributed by atoms with Crippen molar-refractivity contribution in [1.82, 2.24) is 0 Å². The second-order valence-corrected chi connectivity index (χ2v) is 4.06. The highest BCUT2D eigenvalue weighted by molar-refractivity contribution is 5.94. The number of oxime groups is 1. The second kappa shape index (κ2) is 3.48. The van der Waals surface area contributed by atoms with Crippen LogP contribution in [0.15, 0.2) is 5.16 Å². The summed E-state index contributed by atoms with van der Waals surface area (Å²) in [6, 6.07) is 0. The highest BCUT2D eigenvalue weighted by atomic mass is 16.4. The van der Waals surface area contributed by atoms with Crippen molar-refractivity contribution in [2.45, 2.75) is 38.5 Å². The van der Waals surface area contributed by atoms with Crippen molar-refractivity contribution in [3.05, 3.63) is 0 Å². The summed E-state index contributed by atoms with van der Waals surface area (Å²) in [6.07, 6.45) is 5.63. The largest absolute Gasteiger partial charge is 0.411 e. The minimum Gasteiger partial charge on any atom is -0.411 e. The minimum absolute atomic E-state index is 0.174. The van der Waals surface area contributed by atoms with Gasteiger partial charge in [-0.15, -0.1) is 0 Å². The van der Waals surface area contributed by atoms with Gasteiger partial charge in [0.15, 0.2) is 0 Å². The third kappa shape index (κ3) is 1.47. The zero-order valence-corrected chi connectivity index (χ0v) is 7.70. The number of fused-ring (bicyclic) bond motifs is 1. The molecular formula is C10H15NO2. The maximum Gasteiger partial charge on any atom is 0.136 e. The Bertz CT molecular complexity index is 247. The first-order valence-electron chi connectivity index (χ1n) is 5.06. The SMILES string of the molecule is O=C1CCCC2/C(=N\O)CCCC12. The van der Waals surface area contributed by atoms with E-state index in [0.717, 1.165) is 44.2 Å². The van der Waals surface area contributed by atoms with Crippen LogP contribution in [-0.2, 0) is 4.79 Å². The van der Waals surface area contributed by atoms with E-state index >= 15 is 0 Å². The molecule has 0 aromatic heterocycles. The third-order valence-corrected chi connectivity index (χ3v) is 3.34. The summed E-state index contributed by atoms with van der Waals surface area (Å²) < 4.78 is 0. The molecule has 3 nitrogen and oxygen atoms in total. The third-order valence-electron chi connectivity index (χ3n) is 3.34. The van der Waals surface area contributed by atoms with Crippen LogP contribution in [0.2, 0.25) is 0 Å². The van der Waals surface area contributed by atoms with Crippen LogP contribution in [0.1, 0.15) is 38.5 Å². The fraction of sp³-hybridized carbons (Fsp3) is 0.800. The van der Waals surface area contributed by atoms with Gasteiger partial charge < -0.3 is 5.21 Å². The lowest BCUT2D eigenvalue weighted by Gasteiger charge is -2.34. The highest BCUT2D eigenvalue weighted by Gasteiger charge is 2.37. The molecule has 3 heteroatoms. The summed E-state index contributed by atoms with van der Waals surface area (Å²) >= 11 is 0. The number of rotatable bonds is 0. The summed E-state index contributed by atoms with van der Waals surface area (Å²) in [4.78, 5) is 11.6. The predicted octanol–water partition coefficient (Wildman–Crippen LogP) is 1.99. The Balaban J connectivity index is 2.18. The van der Waals surface area contributed by atoms with Crippen LogP contribution >= 0.6 is 0 Å². The number of carbonyl (C=O) groups excluding carboxylic acids is 1. The van der Waals surface area contributed by atoms with Crippen LogP contribution in [0.5, 0.6) is 0 Å². The van der Waals surface area contributed by atoms with Crippen molar-refractivity contribution in [2.75, 3.05) is 0 Å². The van der Waals surface area contributed by atoms with E-state index in [1.165, 1.54) is 0 Å². The topological polar surface area (TPSA) is 49.7 Å². The Morgan fingerprint density at radius 3 is 2.62 bits per heavy atom. The van der Waals surface area contributed by atoms with Gasteiger partial charge in [0.05, 0.1) is 5.71 Å². The number of carbonyl (C=O) groups is 1. The number of Topliss-reactive ketones (excluding diaryl/α,β-unsaturated/α-hetero) is 1. The zero-order chi connectivity index (χ0) is 9.26. The molecule has 2 unspecified atom stereocenters. The number of hydrogen-bond acceptors (Lipinski definition) is 3. The normalized spacial score (nSPS) is 37.5. The lowest BCUT2D eigenvalue weighted by molar-refractivity contribution is -0.126. The monoisotopic (exact) mass is 181 g/mol. The van der Waals surface area contributed by atoms with Crippen molar-refractivity contribution in [1.29, 1.82) is 0 Å². The Morgan fingerprint density at radius 2 is 1.85 bits per heavy atom. The first-order chi connectivity index (χ1) is 6.33. The summed E-state index contributed by atoms with van der Waals surface area (Å²) in [5.74, 6) is 0.825. The van der Waals surface area contributed by atoms with E-state index in [4.69, 9.17) is 5.21 Å². The molecule has 0 spiro atoms. The van der Waals surface area contributed by atoms with Gasteiger partial charge in [0, 0.05) is 18.3 Å². The Morgan fingerprint density at radius 1 is 1.15 bits per heavy atom. The van der Waals surface area contributed by atoms with Gasteiger partial charge in [-0.3, -0.25) is 4.79 Å². The van der Waals surface area contributed by atoms with Crippen molar-refractivity contribution in [2.24, 2.45) is 17.0 Å². The van der Waals surface area contributed by atoms with Crippen LogP contribution in [-0.4, -0.2) is 16.7 Å².